The van der Waals surface area contributed by atoms with E-state index in [1.54, 1.807) is 31.2 Å². The van der Waals surface area contributed by atoms with Gasteiger partial charge < -0.3 is 15.0 Å². The van der Waals surface area contributed by atoms with Crippen LogP contribution in [0.4, 0.5) is 24.5 Å². The van der Waals surface area contributed by atoms with Gasteiger partial charge in [-0.05, 0) is 36.2 Å². The van der Waals surface area contributed by atoms with Gasteiger partial charge in [-0.1, -0.05) is 56.1 Å². The number of hydrogen-bond acceptors (Lipinski definition) is 5. The van der Waals surface area contributed by atoms with Crippen molar-refractivity contribution in [3.63, 3.8) is 0 Å². The molecule has 14 heteroatoms. The van der Waals surface area contributed by atoms with Crippen molar-refractivity contribution in [1.82, 2.24) is 9.55 Å². The zero-order valence-electron chi connectivity index (χ0n) is 21.6. The number of carbonyl (C=O) groups is 2. The second kappa shape index (κ2) is 12.7. The summed E-state index contributed by atoms with van der Waals surface area (Å²) in [5, 5.41) is 12.2. The molecule has 1 heterocycles. The first kappa shape index (κ1) is 31.0. The van der Waals surface area contributed by atoms with E-state index in [9.17, 15) is 36.3 Å². The molecule has 1 unspecified atom stereocenters. The highest BCUT2D eigenvalue weighted by atomic mass is 35.5. The highest BCUT2D eigenvalue weighted by Crippen LogP contribution is 2.28. The van der Waals surface area contributed by atoms with Crippen LogP contribution in [0.3, 0.4) is 0 Å². The van der Waals surface area contributed by atoms with Crippen LogP contribution >= 0.6 is 11.6 Å². The van der Waals surface area contributed by atoms with Crippen molar-refractivity contribution in [1.29, 1.82) is 0 Å². The molecule has 0 fully saturated rings. The van der Waals surface area contributed by atoms with Crippen LogP contribution in [0, 0.1) is 5.92 Å². The number of carboxylic acids is 1. The third-order valence-corrected chi connectivity index (χ3v) is 7.45. The van der Waals surface area contributed by atoms with Gasteiger partial charge in [-0.3, -0.25) is 14.3 Å². The number of carboxylic acid groups (broad SMARTS) is 1. The summed E-state index contributed by atoms with van der Waals surface area (Å²) in [6.07, 6.45) is 2.65. The number of unbranched alkanes of at least 4 members (excludes halogenated alkanes) is 1. The van der Waals surface area contributed by atoms with Gasteiger partial charge in [0.1, 0.15) is 5.82 Å². The molecule has 0 radical (unpaired) electrons. The summed E-state index contributed by atoms with van der Waals surface area (Å²) in [4.78, 5) is 28.7. The fourth-order valence-corrected chi connectivity index (χ4v) is 4.70. The summed E-state index contributed by atoms with van der Waals surface area (Å²) in [7, 11) is -5.72. The molecule has 1 atom stereocenters. The molecule has 0 spiro atoms. The molecule has 0 bridgehead atoms. The Kier molecular flexibility index (Phi) is 9.85. The SMILES string of the molecule is CCCCc1nc(Cl)c(CC(C)C(=O)O)n1Cc1ccc(NC(=O)c2ccccc2NS(=O)(=O)C(F)(F)F)cc1. The summed E-state index contributed by atoms with van der Waals surface area (Å²) in [6.45, 7) is 3.97. The fraction of sp³-hybridized carbons (Fsp3) is 0.346. The Morgan fingerprint density at radius 2 is 1.77 bits per heavy atom. The quantitative estimate of drug-likeness (QED) is 0.244. The number of aromatic nitrogens is 2. The predicted octanol–water partition coefficient (Wildman–Crippen LogP) is 5.70. The number of alkyl halides is 3. The molecule has 0 aliphatic rings. The first-order valence-corrected chi connectivity index (χ1v) is 14.1. The molecule has 0 saturated heterocycles. The number of aryl methyl sites for hydroxylation is 1. The van der Waals surface area contributed by atoms with Crippen LogP contribution in [0.15, 0.2) is 48.5 Å². The van der Waals surface area contributed by atoms with Gasteiger partial charge in [0.05, 0.1) is 22.9 Å². The summed E-state index contributed by atoms with van der Waals surface area (Å²) < 4.78 is 64.8. The van der Waals surface area contributed by atoms with Crippen molar-refractivity contribution in [2.45, 2.75) is 51.6 Å². The standard InChI is InChI=1S/C26H28ClF3N4O5S/c1-3-4-9-22-32-23(27)21(14-16(2)25(36)37)34(22)15-17-10-12-18(13-11-17)31-24(35)19-7-5-6-8-20(19)33-40(38,39)26(28,29)30/h5-8,10-13,16,33H,3-4,9,14-15H2,1-2H3,(H,31,35)(H,36,37). The van der Waals surface area contributed by atoms with E-state index in [1.165, 1.54) is 22.9 Å². The summed E-state index contributed by atoms with van der Waals surface area (Å²) in [5.74, 6) is -1.71. The van der Waals surface area contributed by atoms with E-state index in [0.29, 0.717) is 24.3 Å². The lowest BCUT2D eigenvalue weighted by Crippen LogP contribution is -2.30. The number of nitrogens with zero attached hydrogens (tertiary/aromatic N) is 2. The van der Waals surface area contributed by atoms with Crippen LogP contribution in [0.1, 0.15) is 54.1 Å². The predicted molar refractivity (Wildman–Crippen MR) is 145 cm³/mol. The number of aliphatic carboxylic acids is 1. The maximum atomic E-state index is 12.8. The van der Waals surface area contributed by atoms with E-state index in [2.05, 4.69) is 10.3 Å². The Morgan fingerprint density at radius 1 is 1.12 bits per heavy atom. The number of anilines is 2. The van der Waals surface area contributed by atoms with Crippen LogP contribution < -0.4 is 10.0 Å². The smallest absolute Gasteiger partial charge is 0.481 e. The third-order valence-electron chi connectivity index (χ3n) is 6.05. The van der Waals surface area contributed by atoms with Gasteiger partial charge in [-0.2, -0.15) is 21.6 Å². The molecule has 3 aromatic rings. The van der Waals surface area contributed by atoms with E-state index >= 15 is 0 Å². The lowest BCUT2D eigenvalue weighted by atomic mass is 10.1. The normalized spacial score (nSPS) is 12.7. The number of amides is 1. The minimum absolute atomic E-state index is 0.193. The minimum Gasteiger partial charge on any atom is -0.481 e. The Balaban J connectivity index is 1.80. The third kappa shape index (κ3) is 7.54. The second-order valence-electron chi connectivity index (χ2n) is 9.15. The zero-order valence-corrected chi connectivity index (χ0v) is 23.2. The molecule has 0 aliphatic heterocycles. The summed E-state index contributed by atoms with van der Waals surface area (Å²) >= 11 is 6.39. The van der Waals surface area contributed by atoms with Crippen molar-refractivity contribution in [3.05, 3.63) is 76.3 Å². The molecule has 3 rings (SSSR count). The number of hydrogen-bond donors (Lipinski definition) is 3. The molecule has 2 aromatic carbocycles. The zero-order chi connectivity index (χ0) is 29.7. The molecule has 40 heavy (non-hydrogen) atoms. The van der Waals surface area contributed by atoms with Crippen LogP contribution in [0.25, 0.3) is 0 Å². The second-order valence-corrected chi connectivity index (χ2v) is 11.2. The first-order valence-electron chi connectivity index (χ1n) is 12.3. The maximum absolute atomic E-state index is 12.8. The van der Waals surface area contributed by atoms with Crippen LogP contribution in [0.2, 0.25) is 5.15 Å². The number of carbonyl (C=O) groups excluding carboxylic acids is 1. The Labute approximate surface area is 234 Å². The largest absolute Gasteiger partial charge is 0.516 e. The topological polar surface area (TPSA) is 130 Å². The average molecular weight is 601 g/mol. The molecule has 9 nitrogen and oxygen atoms in total. The Morgan fingerprint density at radius 3 is 2.38 bits per heavy atom. The van der Waals surface area contributed by atoms with Gasteiger partial charge in [-0.25, -0.2) is 4.98 Å². The average Bonchev–Trinajstić information content (AvgIpc) is 3.16. The molecule has 3 N–H and O–H groups in total. The van der Waals surface area contributed by atoms with Crippen LogP contribution in [0.5, 0.6) is 0 Å². The van der Waals surface area contributed by atoms with Crippen molar-refractivity contribution in [3.8, 4) is 0 Å². The van der Waals surface area contributed by atoms with Crippen LogP contribution in [-0.2, 0) is 34.2 Å². The summed E-state index contributed by atoms with van der Waals surface area (Å²) in [6, 6.07) is 11.5. The lowest BCUT2D eigenvalue weighted by molar-refractivity contribution is -0.141. The number of rotatable bonds is 12. The Hall–Kier alpha value is -3.58. The van der Waals surface area contributed by atoms with Gasteiger partial charge in [0.15, 0.2) is 5.15 Å². The molecule has 0 aliphatic carbocycles. The van der Waals surface area contributed by atoms with Gasteiger partial charge in [0.2, 0.25) is 0 Å². The number of halogens is 4. The Bertz CT molecular complexity index is 1470. The molecule has 1 amide bonds. The van der Waals surface area contributed by atoms with E-state index < -0.39 is 39.0 Å². The molecular formula is C26H28ClF3N4O5S. The van der Waals surface area contributed by atoms with Crippen molar-refractivity contribution >= 4 is 44.9 Å². The van der Waals surface area contributed by atoms with Gasteiger partial charge >= 0.3 is 21.5 Å². The first-order chi connectivity index (χ1) is 18.7. The van der Waals surface area contributed by atoms with Gasteiger partial charge in [-0.15, -0.1) is 0 Å². The maximum Gasteiger partial charge on any atom is 0.516 e. The van der Waals surface area contributed by atoms with E-state index in [1.807, 2.05) is 11.5 Å². The number of imidazole rings is 1. The van der Waals surface area contributed by atoms with E-state index in [0.717, 1.165) is 30.3 Å². The van der Waals surface area contributed by atoms with Crippen LogP contribution in [-0.4, -0.2) is 40.5 Å². The molecule has 216 valence electrons. The number of sulfonamides is 1. The molecule has 0 saturated carbocycles. The molecule has 1 aromatic heterocycles. The highest BCUT2D eigenvalue weighted by Gasteiger charge is 2.46. The van der Waals surface area contributed by atoms with Crippen molar-refractivity contribution < 1.29 is 36.3 Å². The van der Waals surface area contributed by atoms with Crippen molar-refractivity contribution in [2.75, 3.05) is 10.0 Å². The highest BCUT2D eigenvalue weighted by molar-refractivity contribution is 7.93. The lowest BCUT2D eigenvalue weighted by Gasteiger charge is -2.15. The van der Waals surface area contributed by atoms with Gasteiger partial charge in [0, 0.05) is 25.1 Å². The fourth-order valence-electron chi connectivity index (χ4n) is 3.84. The van der Waals surface area contributed by atoms with Gasteiger partial charge in [0.25, 0.3) is 5.91 Å². The number of benzene rings is 2. The van der Waals surface area contributed by atoms with E-state index in [-0.39, 0.29) is 17.1 Å². The molecular weight excluding hydrogens is 573 g/mol. The number of para-hydroxylation sites is 1. The number of nitrogens with one attached hydrogen (secondary N) is 2. The van der Waals surface area contributed by atoms with Crippen molar-refractivity contribution in [2.24, 2.45) is 5.92 Å². The summed E-state index contributed by atoms with van der Waals surface area (Å²) in [5.41, 5.74) is -4.64. The van der Waals surface area contributed by atoms with E-state index in [4.69, 9.17) is 11.6 Å². The monoisotopic (exact) mass is 600 g/mol. The minimum atomic E-state index is -5.72.